The highest BCUT2D eigenvalue weighted by Gasteiger charge is 2.14. The van der Waals surface area contributed by atoms with Crippen molar-refractivity contribution in [3.63, 3.8) is 0 Å². The van der Waals surface area contributed by atoms with E-state index in [9.17, 15) is 0 Å². The van der Waals surface area contributed by atoms with Gasteiger partial charge in [0.1, 0.15) is 0 Å². The molecule has 0 fully saturated rings. The van der Waals surface area contributed by atoms with Crippen LogP contribution < -0.4 is 16.9 Å². The van der Waals surface area contributed by atoms with Gasteiger partial charge in [0.05, 0.1) is 0 Å². The van der Waals surface area contributed by atoms with Crippen molar-refractivity contribution in [2.45, 2.75) is 6.42 Å². The fourth-order valence-electron chi connectivity index (χ4n) is 1.93. The molecule has 5 N–H and O–H groups in total. The highest BCUT2D eigenvalue weighted by Crippen LogP contribution is 2.27. The van der Waals surface area contributed by atoms with Gasteiger partial charge in [0, 0.05) is 17.8 Å². The minimum absolute atomic E-state index is 0.212. The standard InChI is InChI=1S/C10H12N6/c11-10-15-14-9(16(10)12)7-2-1-6-3-4-13-8(6)5-7/h1-2,5,13H,3-4,12H2,(H2,11,15). The Hall–Kier alpha value is -2.24. The summed E-state index contributed by atoms with van der Waals surface area (Å²) in [4.78, 5) is 0. The summed E-state index contributed by atoms with van der Waals surface area (Å²) in [5, 5.41) is 11.0. The third kappa shape index (κ3) is 1.19. The van der Waals surface area contributed by atoms with E-state index in [0.717, 1.165) is 24.2 Å². The Morgan fingerprint density at radius 2 is 2.19 bits per heavy atom. The number of fused-ring (bicyclic) bond motifs is 1. The summed E-state index contributed by atoms with van der Waals surface area (Å²) in [6, 6.07) is 6.09. The minimum atomic E-state index is 0.212. The fraction of sp³-hybridized carbons (Fsp3) is 0.200. The van der Waals surface area contributed by atoms with Crippen LogP contribution in [-0.4, -0.2) is 21.4 Å². The highest BCUT2D eigenvalue weighted by atomic mass is 15.4. The summed E-state index contributed by atoms with van der Waals surface area (Å²) in [7, 11) is 0. The van der Waals surface area contributed by atoms with Gasteiger partial charge in [0.2, 0.25) is 5.95 Å². The van der Waals surface area contributed by atoms with Crippen molar-refractivity contribution >= 4 is 11.6 Å². The lowest BCUT2D eigenvalue weighted by Gasteiger charge is -2.04. The molecule has 16 heavy (non-hydrogen) atoms. The SMILES string of the molecule is Nc1nnc(-c2ccc3c(c2)NCC3)n1N. The van der Waals surface area contributed by atoms with Gasteiger partial charge in [-0.2, -0.15) is 0 Å². The number of nitrogens with one attached hydrogen (secondary N) is 1. The zero-order valence-electron chi connectivity index (χ0n) is 8.64. The number of hydrogen-bond acceptors (Lipinski definition) is 5. The molecule has 82 valence electrons. The summed E-state index contributed by atoms with van der Waals surface area (Å²) in [5.74, 6) is 6.52. The molecule has 0 radical (unpaired) electrons. The predicted molar refractivity (Wildman–Crippen MR) is 62.2 cm³/mol. The van der Waals surface area contributed by atoms with Crippen LogP contribution in [0.4, 0.5) is 11.6 Å². The maximum absolute atomic E-state index is 5.73. The van der Waals surface area contributed by atoms with Gasteiger partial charge in [-0.3, -0.25) is 0 Å². The second-order valence-electron chi connectivity index (χ2n) is 3.80. The minimum Gasteiger partial charge on any atom is -0.384 e. The molecule has 1 aliphatic rings. The zero-order valence-corrected chi connectivity index (χ0v) is 8.64. The largest absolute Gasteiger partial charge is 0.384 e. The van der Waals surface area contributed by atoms with Crippen LogP contribution in [-0.2, 0) is 6.42 Å². The molecule has 1 aromatic heterocycles. The zero-order chi connectivity index (χ0) is 11.1. The average Bonchev–Trinajstić information content (AvgIpc) is 2.86. The first kappa shape index (κ1) is 9.02. The first-order valence-corrected chi connectivity index (χ1v) is 5.09. The van der Waals surface area contributed by atoms with Crippen molar-refractivity contribution in [3.05, 3.63) is 23.8 Å². The number of hydrogen-bond donors (Lipinski definition) is 3. The van der Waals surface area contributed by atoms with E-state index in [0.29, 0.717) is 5.82 Å². The van der Waals surface area contributed by atoms with Gasteiger partial charge in [0.15, 0.2) is 5.82 Å². The molecule has 0 spiro atoms. The van der Waals surface area contributed by atoms with Crippen LogP contribution in [0.2, 0.25) is 0 Å². The first-order valence-electron chi connectivity index (χ1n) is 5.09. The summed E-state index contributed by atoms with van der Waals surface area (Å²) >= 11 is 0. The average molecular weight is 216 g/mol. The summed E-state index contributed by atoms with van der Waals surface area (Å²) < 4.78 is 1.29. The second-order valence-corrected chi connectivity index (χ2v) is 3.80. The molecule has 3 rings (SSSR count). The lowest BCUT2D eigenvalue weighted by atomic mass is 10.1. The quantitative estimate of drug-likeness (QED) is 0.592. The number of anilines is 2. The van der Waals surface area contributed by atoms with Crippen molar-refractivity contribution in [2.24, 2.45) is 0 Å². The van der Waals surface area contributed by atoms with E-state index in [2.05, 4.69) is 21.6 Å². The summed E-state index contributed by atoms with van der Waals surface area (Å²) in [6.45, 7) is 0.982. The van der Waals surface area contributed by atoms with E-state index >= 15 is 0 Å². The Balaban J connectivity index is 2.10. The van der Waals surface area contributed by atoms with Gasteiger partial charge in [-0.1, -0.05) is 12.1 Å². The molecule has 2 aromatic rings. The van der Waals surface area contributed by atoms with Crippen molar-refractivity contribution in [1.82, 2.24) is 14.9 Å². The molecule has 0 aliphatic carbocycles. The monoisotopic (exact) mass is 216 g/mol. The summed E-state index contributed by atoms with van der Waals surface area (Å²) in [5.41, 5.74) is 8.91. The van der Waals surface area contributed by atoms with E-state index in [1.807, 2.05) is 12.1 Å². The molecule has 0 amide bonds. The molecule has 0 unspecified atom stereocenters. The Bertz CT molecular complexity index is 544. The van der Waals surface area contributed by atoms with E-state index in [4.69, 9.17) is 11.6 Å². The third-order valence-corrected chi connectivity index (χ3v) is 2.80. The van der Waals surface area contributed by atoms with E-state index in [1.165, 1.54) is 10.2 Å². The molecule has 0 atom stereocenters. The van der Waals surface area contributed by atoms with Gasteiger partial charge < -0.3 is 16.9 Å². The normalized spacial score (nSPS) is 13.5. The number of nitrogens with two attached hydrogens (primary N) is 2. The van der Waals surface area contributed by atoms with Crippen LogP contribution in [0.3, 0.4) is 0 Å². The third-order valence-electron chi connectivity index (χ3n) is 2.80. The van der Waals surface area contributed by atoms with Gasteiger partial charge in [0.25, 0.3) is 0 Å². The molecule has 6 heteroatoms. The van der Waals surface area contributed by atoms with Gasteiger partial charge >= 0.3 is 0 Å². The second kappa shape index (κ2) is 3.13. The Morgan fingerprint density at radius 1 is 1.31 bits per heavy atom. The number of aromatic nitrogens is 3. The van der Waals surface area contributed by atoms with Crippen molar-refractivity contribution < 1.29 is 0 Å². The van der Waals surface area contributed by atoms with E-state index < -0.39 is 0 Å². The number of nitrogen functional groups attached to an aromatic ring is 2. The molecular formula is C10H12N6. The van der Waals surface area contributed by atoms with Gasteiger partial charge in [-0.15, -0.1) is 10.2 Å². The Labute approximate surface area is 92.2 Å². The highest BCUT2D eigenvalue weighted by molar-refractivity contribution is 5.68. The lowest BCUT2D eigenvalue weighted by Crippen LogP contribution is -2.13. The molecule has 0 bridgehead atoms. The van der Waals surface area contributed by atoms with Gasteiger partial charge in [-0.05, 0) is 18.1 Å². The summed E-state index contributed by atoms with van der Waals surface area (Å²) in [6.07, 6.45) is 1.06. The van der Waals surface area contributed by atoms with Crippen LogP contribution in [0, 0.1) is 0 Å². The maximum atomic E-state index is 5.73. The van der Waals surface area contributed by atoms with Crippen LogP contribution in [0.15, 0.2) is 18.2 Å². The molecule has 6 nitrogen and oxygen atoms in total. The van der Waals surface area contributed by atoms with Crippen molar-refractivity contribution in [2.75, 3.05) is 23.4 Å². The van der Waals surface area contributed by atoms with E-state index in [1.54, 1.807) is 0 Å². The molecule has 2 heterocycles. The number of rotatable bonds is 1. The van der Waals surface area contributed by atoms with Gasteiger partial charge in [-0.25, -0.2) is 4.68 Å². The topological polar surface area (TPSA) is 94.8 Å². The van der Waals surface area contributed by atoms with Crippen LogP contribution >= 0.6 is 0 Å². The van der Waals surface area contributed by atoms with Crippen LogP contribution in [0.5, 0.6) is 0 Å². The first-order chi connectivity index (χ1) is 7.75. The molecule has 1 aliphatic heterocycles. The van der Waals surface area contributed by atoms with Crippen LogP contribution in [0.1, 0.15) is 5.56 Å². The molecule has 1 aromatic carbocycles. The van der Waals surface area contributed by atoms with Crippen LogP contribution in [0.25, 0.3) is 11.4 Å². The fourth-order valence-corrected chi connectivity index (χ4v) is 1.93. The molecular weight excluding hydrogens is 204 g/mol. The maximum Gasteiger partial charge on any atom is 0.241 e. The van der Waals surface area contributed by atoms with Crippen molar-refractivity contribution in [3.8, 4) is 11.4 Å². The molecule has 0 saturated heterocycles. The lowest BCUT2D eigenvalue weighted by molar-refractivity contribution is 1.02. The molecule has 0 saturated carbocycles. The Kier molecular flexibility index (Phi) is 1.76. The van der Waals surface area contributed by atoms with Crippen molar-refractivity contribution in [1.29, 1.82) is 0 Å². The Morgan fingerprint density at radius 3 is 2.94 bits per heavy atom. The van der Waals surface area contributed by atoms with E-state index in [-0.39, 0.29) is 5.95 Å². The smallest absolute Gasteiger partial charge is 0.241 e. The predicted octanol–water partition coefficient (Wildman–Crippen LogP) is 0.209. The number of benzene rings is 1. The number of nitrogens with zero attached hydrogens (tertiary/aromatic N) is 3.